The van der Waals surface area contributed by atoms with Gasteiger partial charge >= 0.3 is 0 Å². The molecule has 82 valence electrons. The van der Waals surface area contributed by atoms with Crippen LogP contribution in [-0.4, -0.2) is 12.3 Å². The normalized spacial score (nSPS) is 25.3. The van der Waals surface area contributed by atoms with Gasteiger partial charge in [-0.05, 0) is 24.1 Å². The molecule has 2 rings (SSSR count). The van der Waals surface area contributed by atoms with Crippen LogP contribution in [-0.2, 0) is 5.75 Å². The first kappa shape index (κ1) is 11.0. The summed E-state index contributed by atoms with van der Waals surface area (Å²) in [7, 11) is 2.07. The molecule has 1 aromatic carbocycles. The van der Waals surface area contributed by atoms with E-state index in [1.165, 1.54) is 11.1 Å². The van der Waals surface area contributed by atoms with Crippen molar-refractivity contribution in [3.8, 4) is 0 Å². The van der Waals surface area contributed by atoms with Gasteiger partial charge in [0.05, 0.1) is 0 Å². The average Bonchev–Trinajstić information content (AvgIpc) is 2.27. The Morgan fingerprint density at radius 1 is 1.33 bits per heavy atom. The van der Waals surface area contributed by atoms with E-state index >= 15 is 0 Å². The molecule has 1 aromatic rings. The number of hydrogen-bond donors (Lipinski definition) is 1. The fourth-order valence-corrected chi connectivity index (χ4v) is 3.82. The molecular weight excluding hydrogens is 202 g/mol. The summed E-state index contributed by atoms with van der Waals surface area (Å²) >= 11 is 2.08. The van der Waals surface area contributed by atoms with Crippen molar-refractivity contribution in [3.05, 3.63) is 35.4 Å². The van der Waals surface area contributed by atoms with Crippen molar-refractivity contribution >= 4 is 11.8 Å². The topological polar surface area (TPSA) is 12.0 Å². The van der Waals surface area contributed by atoms with E-state index < -0.39 is 0 Å². The molecule has 2 unspecified atom stereocenters. The van der Waals surface area contributed by atoms with Crippen LogP contribution in [0.15, 0.2) is 24.3 Å². The van der Waals surface area contributed by atoms with Crippen molar-refractivity contribution in [1.29, 1.82) is 0 Å². The van der Waals surface area contributed by atoms with E-state index in [4.69, 9.17) is 0 Å². The van der Waals surface area contributed by atoms with Crippen LogP contribution in [0.5, 0.6) is 0 Å². The molecule has 1 heterocycles. The Balaban J connectivity index is 2.34. The number of nitrogens with one attached hydrogen (secondary N) is 1. The number of fused-ring (bicyclic) bond motifs is 1. The largest absolute Gasteiger partial charge is 0.312 e. The zero-order valence-electron chi connectivity index (χ0n) is 9.66. The Labute approximate surface area is 96.7 Å². The lowest BCUT2D eigenvalue weighted by molar-refractivity contribution is 0.466. The van der Waals surface area contributed by atoms with E-state index in [1.807, 2.05) is 0 Å². The highest BCUT2D eigenvalue weighted by atomic mass is 32.2. The molecule has 0 fully saturated rings. The summed E-state index contributed by atoms with van der Waals surface area (Å²) in [4.78, 5) is 0. The first-order valence-electron chi connectivity index (χ1n) is 5.60. The summed E-state index contributed by atoms with van der Waals surface area (Å²) in [6.45, 7) is 4.63. The zero-order valence-corrected chi connectivity index (χ0v) is 10.5. The van der Waals surface area contributed by atoms with Crippen molar-refractivity contribution in [2.24, 2.45) is 5.92 Å². The molecule has 0 saturated carbocycles. The quantitative estimate of drug-likeness (QED) is 0.823. The summed E-state index contributed by atoms with van der Waals surface area (Å²) in [5.74, 6) is 1.89. The minimum Gasteiger partial charge on any atom is -0.312 e. The van der Waals surface area contributed by atoms with Crippen LogP contribution in [0.1, 0.15) is 31.0 Å². The van der Waals surface area contributed by atoms with Crippen molar-refractivity contribution < 1.29 is 0 Å². The number of thioether (sulfide) groups is 1. The van der Waals surface area contributed by atoms with Gasteiger partial charge in [-0.3, -0.25) is 0 Å². The van der Waals surface area contributed by atoms with Gasteiger partial charge < -0.3 is 5.32 Å². The van der Waals surface area contributed by atoms with Gasteiger partial charge in [-0.25, -0.2) is 0 Å². The van der Waals surface area contributed by atoms with E-state index in [-0.39, 0.29) is 0 Å². The number of rotatable bonds is 2. The van der Waals surface area contributed by atoms with Crippen LogP contribution in [0.3, 0.4) is 0 Å². The third-order valence-corrected chi connectivity index (χ3v) is 4.80. The second-order valence-corrected chi connectivity index (χ2v) is 5.65. The molecule has 0 aliphatic carbocycles. The Bertz CT molecular complexity index is 335. The summed E-state index contributed by atoms with van der Waals surface area (Å²) in [6, 6.07) is 9.33. The van der Waals surface area contributed by atoms with Crippen LogP contribution in [0.4, 0.5) is 0 Å². The highest BCUT2D eigenvalue weighted by Crippen LogP contribution is 2.40. The van der Waals surface area contributed by atoms with Gasteiger partial charge in [0.2, 0.25) is 0 Å². The van der Waals surface area contributed by atoms with Gasteiger partial charge in [-0.2, -0.15) is 11.8 Å². The molecular formula is C13H19NS. The Morgan fingerprint density at radius 2 is 2.07 bits per heavy atom. The lowest BCUT2D eigenvalue weighted by atomic mass is 9.93. The minimum absolute atomic E-state index is 0.514. The second kappa shape index (κ2) is 4.58. The summed E-state index contributed by atoms with van der Waals surface area (Å²) in [5, 5.41) is 4.17. The molecule has 0 bridgehead atoms. The minimum atomic E-state index is 0.514. The Hall–Kier alpha value is -0.470. The highest BCUT2D eigenvalue weighted by molar-refractivity contribution is 7.99. The average molecular weight is 221 g/mol. The number of benzene rings is 1. The maximum absolute atomic E-state index is 3.47. The van der Waals surface area contributed by atoms with Gasteiger partial charge in [0.1, 0.15) is 0 Å². The summed E-state index contributed by atoms with van der Waals surface area (Å²) < 4.78 is 0. The molecule has 0 aromatic heterocycles. The summed E-state index contributed by atoms with van der Waals surface area (Å²) in [5.41, 5.74) is 3.00. The Morgan fingerprint density at radius 3 is 2.73 bits per heavy atom. The van der Waals surface area contributed by atoms with Crippen LogP contribution < -0.4 is 5.32 Å². The number of hydrogen-bond acceptors (Lipinski definition) is 2. The fraction of sp³-hybridized carbons (Fsp3) is 0.538. The molecule has 15 heavy (non-hydrogen) atoms. The lowest BCUT2D eigenvalue weighted by Crippen LogP contribution is -2.34. The van der Waals surface area contributed by atoms with Gasteiger partial charge in [-0.15, -0.1) is 0 Å². The SMILES string of the molecule is CNC1c2ccccc2CSC1C(C)C. The van der Waals surface area contributed by atoms with Crippen LogP contribution in [0, 0.1) is 5.92 Å². The molecule has 1 N–H and O–H groups in total. The fourth-order valence-electron chi connectivity index (χ4n) is 2.33. The maximum atomic E-state index is 3.47. The van der Waals surface area contributed by atoms with Crippen molar-refractivity contribution in [2.75, 3.05) is 7.05 Å². The second-order valence-electron chi connectivity index (χ2n) is 4.48. The molecule has 2 atom stereocenters. The van der Waals surface area contributed by atoms with Gasteiger partial charge in [0.15, 0.2) is 0 Å². The van der Waals surface area contributed by atoms with Crippen LogP contribution in [0.2, 0.25) is 0 Å². The molecule has 0 radical (unpaired) electrons. The van der Waals surface area contributed by atoms with E-state index in [0.29, 0.717) is 11.3 Å². The van der Waals surface area contributed by atoms with Crippen LogP contribution >= 0.6 is 11.8 Å². The van der Waals surface area contributed by atoms with Crippen LogP contribution in [0.25, 0.3) is 0 Å². The monoisotopic (exact) mass is 221 g/mol. The van der Waals surface area contributed by atoms with Gasteiger partial charge in [0.25, 0.3) is 0 Å². The van der Waals surface area contributed by atoms with Crippen molar-refractivity contribution in [3.63, 3.8) is 0 Å². The third-order valence-electron chi connectivity index (χ3n) is 3.12. The molecule has 1 aliphatic heterocycles. The molecule has 0 saturated heterocycles. The molecule has 1 aliphatic rings. The third kappa shape index (κ3) is 2.06. The van der Waals surface area contributed by atoms with E-state index in [9.17, 15) is 0 Å². The van der Waals surface area contributed by atoms with E-state index in [2.05, 4.69) is 62.2 Å². The summed E-state index contributed by atoms with van der Waals surface area (Å²) in [6.07, 6.45) is 0. The zero-order chi connectivity index (χ0) is 10.8. The van der Waals surface area contributed by atoms with Gasteiger partial charge in [0, 0.05) is 17.0 Å². The molecule has 0 amide bonds. The van der Waals surface area contributed by atoms with Crippen molar-refractivity contribution in [1.82, 2.24) is 5.32 Å². The molecule has 1 nitrogen and oxygen atoms in total. The highest BCUT2D eigenvalue weighted by Gasteiger charge is 2.30. The maximum Gasteiger partial charge on any atom is 0.0443 e. The van der Waals surface area contributed by atoms with Crippen molar-refractivity contribution in [2.45, 2.75) is 30.9 Å². The predicted molar refractivity (Wildman–Crippen MR) is 68.2 cm³/mol. The van der Waals surface area contributed by atoms with E-state index in [0.717, 1.165) is 11.7 Å². The standard InChI is InChI=1S/C13H19NS/c1-9(2)13-12(14-3)11-7-5-4-6-10(11)8-15-13/h4-7,9,12-14H,8H2,1-3H3. The van der Waals surface area contributed by atoms with E-state index in [1.54, 1.807) is 0 Å². The predicted octanol–water partition coefficient (Wildman–Crippen LogP) is 3.22. The first-order chi connectivity index (χ1) is 7.24. The first-order valence-corrected chi connectivity index (χ1v) is 6.65. The molecule has 2 heteroatoms. The van der Waals surface area contributed by atoms with Gasteiger partial charge in [-0.1, -0.05) is 38.1 Å². The smallest absolute Gasteiger partial charge is 0.0443 e. The Kier molecular flexibility index (Phi) is 3.37. The molecule has 0 spiro atoms. The lowest BCUT2D eigenvalue weighted by Gasteiger charge is -2.35.